The van der Waals surface area contributed by atoms with E-state index in [-0.39, 0.29) is 40.8 Å². The first kappa shape index (κ1) is 12.3. The first-order valence-electron chi connectivity index (χ1n) is 1.51. The van der Waals surface area contributed by atoms with Crippen LogP contribution in [0.25, 0.3) is 0 Å². The summed E-state index contributed by atoms with van der Waals surface area (Å²) in [5.74, 6) is -0.745. The minimum absolute atomic E-state index is 0. The Morgan fingerprint density at radius 2 is 1.75 bits per heavy atom. The molecule has 1 fully saturated rings. The van der Waals surface area contributed by atoms with Gasteiger partial charge in [-0.05, 0) is 0 Å². The smallest absolute Gasteiger partial charge is 0.307 e. The van der Waals surface area contributed by atoms with Gasteiger partial charge in [-0.1, -0.05) is 0 Å². The molecule has 1 aliphatic rings. The van der Waals surface area contributed by atoms with Crippen LogP contribution in [-0.4, -0.2) is 5.97 Å². The maximum Gasteiger partial charge on any atom is 0.339 e. The summed E-state index contributed by atoms with van der Waals surface area (Å²) in [6.45, 7) is 1.67. The van der Waals surface area contributed by atoms with Crippen molar-refractivity contribution in [2.45, 2.75) is 12.9 Å². The fraction of sp³-hybridized carbons (Fsp3) is 1.00. The molecule has 0 aromatic carbocycles. The minimum atomic E-state index is -0.745. The summed E-state index contributed by atoms with van der Waals surface area (Å²) in [4.78, 5) is 8.60. The maximum absolute atomic E-state index is 4.52. The van der Waals surface area contributed by atoms with Gasteiger partial charge in [0.25, 0.3) is 0 Å². The van der Waals surface area contributed by atoms with Gasteiger partial charge in [-0.2, -0.15) is 9.78 Å². The molecule has 0 N–H and O–H groups in total. The van der Waals surface area contributed by atoms with E-state index in [2.05, 4.69) is 14.3 Å². The van der Waals surface area contributed by atoms with Gasteiger partial charge in [0.2, 0.25) is 0 Å². The van der Waals surface area contributed by atoms with E-state index in [0.29, 0.717) is 0 Å². The fourth-order valence-corrected chi connectivity index (χ4v) is 0.177. The molecular weight excluding hydrogens is 316 g/mol. The second kappa shape index (κ2) is 4.45. The van der Waals surface area contributed by atoms with Gasteiger partial charge in [-0.25, -0.2) is 0 Å². The zero-order chi connectivity index (χ0) is 4.62. The zero-order valence-corrected chi connectivity index (χ0v) is 8.20. The topological polar surface area (TPSA) is 34.3 Å². The van der Waals surface area contributed by atoms with Crippen molar-refractivity contribution >= 4 is 9.47 Å². The third kappa shape index (κ3) is 3.62. The fourth-order valence-electron chi connectivity index (χ4n) is 0.0980. The SMILES string of the molecule is CC1(OP)OO1.[Pd].[Pd]. The Morgan fingerprint density at radius 1 is 1.38 bits per heavy atom. The first-order valence-corrected chi connectivity index (χ1v) is 1.99. The van der Waals surface area contributed by atoms with Crippen LogP contribution in [0.4, 0.5) is 0 Å². The Kier molecular flexibility index (Phi) is 6.86. The second-order valence-corrected chi connectivity index (χ2v) is 1.38. The summed E-state index contributed by atoms with van der Waals surface area (Å²) in [5, 5.41) is 0. The van der Waals surface area contributed by atoms with Crippen molar-refractivity contribution in [3.63, 3.8) is 0 Å². The van der Waals surface area contributed by atoms with E-state index in [4.69, 9.17) is 0 Å². The van der Waals surface area contributed by atoms with Crippen LogP contribution >= 0.6 is 9.47 Å². The van der Waals surface area contributed by atoms with E-state index in [0.717, 1.165) is 0 Å². The number of hydrogen-bond acceptors (Lipinski definition) is 3. The van der Waals surface area contributed by atoms with Crippen molar-refractivity contribution in [1.82, 2.24) is 0 Å². The van der Waals surface area contributed by atoms with Crippen LogP contribution in [0, 0.1) is 0 Å². The molecule has 8 heavy (non-hydrogen) atoms. The molecule has 0 saturated carbocycles. The van der Waals surface area contributed by atoms with Crippen LogP contribution in [0.2, 0.25) is 0 Å². The Balaban J connectivity index is 0. The van der Waals surface area contributed by atoms with Crippen LogP contribution in [0.3, 0.4) is 0 Å². The van der Waals surface area contributed by atoms with Gasteiger partial charge in [-0.3, -0.25) is 0 Å². The predicted molar refractivity (Wildman–Crippen MR) is 21.4 cm³/mol. The Labute approximate surface area is 77.3 Å². The molecule has 0 aromatic heterocycles. The summed E-state index contributed by atoms with van der Waals surface area (Å²) in [6.07, 6.45) is 0. The number of rotatable bonds is 1. The predicted octanol–water partition coefficient (Wildman–Crippen LogP) is 0.424. The van der Waals surface area contributed by atoms with E-state index in [1.54, 1.807) is 6.92 Å². The number of hydrogen-bond donors (Lipinski definition) is 0. The van der Waals surface area contributed by atoms with Crippen molar-refractivity contribution in [3.05, 3.63) is 0 Å². The first-order chi connectivity index (χ1) is 2.77. The maximum atomic E-state index is 4.52. The standard InChI is InChI=1S/C2H5O3P.2Pd/c1-2(5-6)3-4-2;;/h6H2,1H3;;. The van der Waals surface area contributed by atoms with Crippen molar-refractivity contribution in [2.75, 3.05) is 0 Å². The zero-order valence-electron chi connectivity index (χ0n) is 3.93. The molecule has 0 bridgehead atoms. The molecular formula is C2H5O3PPd2. The van der Waals surface area contributed by atoms with E-state index in [1.807, 2.05) is 9.47 Å². The minimum Gasteiger partial charge on any atom is -0.307 e. The molecule has 56 valence electrons. The summed E-state index contributed by atoms with van der Waals surface area (Å²) in [6, 6.07) is 0. The summed E-state index contributed by atoms with van der Waals surface area (Å²) in [5.41, 5.74) is 0. The van der Waals surface area contributed by atoms with E-state index < -0.39 is 5.97 Å². The van der Waals surface area contributed by atoms with Crippen LogP contribution in [-0.2, 0) is 55.1 Å². The third-order valence-corrected chi connectivity index (χ3v) is 0.960. The van der Waals surface area contributed by atoms with Crippen LogP contribution in [0.15, 0.2) is 0 Å². The molecule has 1 unspecified atom stereocenters. The Hall–Kier alpha value is 1.63. The molecule has 1 atom stereocenters. The van der Waals surface area contributed by atoms with Gasteiger partial charge < -0.3 is 4.52 Å². The largest absolute Gasteiger partial charge is 0.339 e. The average molecular weight is 321 g/mol. The van der Waals surface area contributed by atoms with Crippen molar-refractivity contribution < 1.29 is 55.1 Å². The monoisotopic (exact) mass is 320 g/mol. The van der Waals surface area contributed by atoms with Crippen molar-refractivity contribution in [2.24, 2.45) is 0 Å². The normalized spacial score (nSPS) is 20.2. The molecule has 1 heterocycles. The molecule has 1 rings (SSSR count). The van der Waals surface area contributed by atoms with Crippen LogP contribution < -0.4 is 0 Å². The summed E-state index contributed by atoms with van der Waals surface area (Å²) in [7, 11) is 2.04. The molecule has 0 aromatic rings. The van der Waals surface area contributed by atoms with Gasteiger partial charge in [0, 0.05) is 57.2 Å². The molecule has 0 aliphatic carbocycles. The van der Waals surface area contributed by atoms with Gasteiger partial charge >= 0.3 is 5.97 Å². The molecule has 1 aliphatic heterocycles. The Morgan fingerprint density at radius 3 is 1.75 bits per heavy atom. The molecule has 0 radical (unpaired) electrons. The Bertz CT molecular complexity index is 66.3. The van der Waals surface area contributed by atoms with E-state index in [9.17, 15) is 0 Å². The summed E-state index contributed by atoms with van der Waals surface area (Å²) < 4.78 is 4.52. The third-order valence-electron chi connectivity index (χ3n) is 0.532. The quantitative estimate of drug-likeness (QED) is 0.304. The molecule has 3 nitrogen and oxygen atoms in total. The van der Waals surface area contributed by atoms with Crippen molar-refractivity contribution in [1.29, 1.82) is 0 Å². The van der Waals surface area contributed by atoms with E-state index >= 15 is 0 Å². The molecule has 6 heteroatoms. The van der Waals surface area contributed by atoms with Gasteiger partial charge in [0.15, 0.2) is 0 Å². The summed E-state index contributed by atoms with van der Waals surface area (Å²) >= 11 is 0. The molecule has 0 amide bonds. The van der Waals surface area contributed by atoms with Crippen LogP contribution in [0.1, 0.15) is 6.92 Å². The van der Waals surface area contributed by atoms with Gasteiger partial charge in [0.05, 0.1) is 0 Å². The molecule has 0 spiro atoms. The van der Waals surface area contributed by atoms with Crippen LogP contribution in [0.5, 0.6) is 0 Å². The molecule has 1 saturated heterocycles. The van der Waals surface area contributed by atoms with Gasteiger partial charge in [0.1, 0.15) is 0 Å². The van der Waals surface area contributed by atoms with Crippen molar-refractivity contribution in [3.8, 4) is 0 Å². The van der Waals surface area contributed by atoms with E-state index in [1.165, 1.54) is 0 Å². The average Bonchev–Trinajstić information content (AvgIpc) is 2.22. The van der Waals surface area contributed by atoms with Gasteiger partial charge in [-0.15, -0.1) is 0 Å². The second-order valence-electron chi connectivity index (χ2n) is 1.15.